The molecule has 4 N–H and O–H groups in total. The number of cyclic esters (lactones) is 1. The normalized spacial score (nSPS) is 43.0. The zero-order chi connectivity index (χ0) is 29.3. The van der Waals surface area contributed by atoms with E-state index in [9.17, 15) is 30.0 Å². The van der Waals surface area contributed by atoms with Crippen molar-refractivity contribution in [2.75, 3.05) is 21.2 Å². The fourth-order valence-electron chi connectivity index (χ4n) is 5.38. The molecule has 11 heteroatoms. The summed E-state index contributed by atoms with van der Waals surface area (Å²) >= 11 is 0. The van der Waals surface area contributed by atoms with Gasteiger partial charge in [-0.25, -0.2) is 0 Å². The molecule has 0 amide bonds. The number of aliphatic hydroxyl groups is 4. The lowest BCUT2D eigenvalue weighted by molar-refractivity contribution is -0.309. The molecule has 0 aromatic carbocycles. The molecular formula is C28H47NO10. The average Bonchev–Trinajstić information content (AvgIpc) is 2.83. The second-order valence-electron chi connectivity index (χ2n) is 11.0. The van der Waals surface area contributed by atoms with Gasteiger partial charge < -0.3 is 49.1 Å². The molecule has 12 atom stereocenters. The highest BCUT2D eigenvalue weighted by Crippen LogP contribution is 2.32. The Labute approximate surface area is 231 Å². The zero-order valence-corrected chi connectivity index (χ0v) is 23.8. The number of carbonyl (C=O) groups is 2. The number of nitrogens with zero attached hydrogens (tertiary/aromatic N) is 1. The van der Waals surface area contributed by atoms with Gasteiger partial charge in [0.2, 0.25) is 0 Å². The third kappa shape index (κ3) is 9.72. The number of ether oxygens (including phenoxy) is 4. The summed E-state index contributed by atoms with van der Waals surface area (Å²) in [6.07, 6.45) is -0.852. The summed E-state index contributed by atoms with van der Waals surface area (Å²) in [6, 6.07) is -0.694. The molecule has 1 fully saturated rings. The summed E-state index contributed by atoms with van der Waals surface area (Å²) in [4.78, 5) is 26.1. The minimum Gasteiger partial charge on any atom is -0.462 e. The number of hydrogen-bond acceptors (Lipinski definition) is 11. The van der Waals surface area contributed by atoms with Gasteiger partial charge in [-0.1, -0.05) is 31.2 Å². The molecule has 1 saturated heterocycles. The van der Waals surface area contributed by atoms with Crippen LogP contribution < -0.4 is 0 Å². The van der Waals surface area contributed by atoms with Gasteiger partial charge in [-0.3, -0.25) is 4.79 Å². The molecule has 11 nitrogen and oxygen atoms in total. The lowest BCUT2D eigenvalue weighted by Crippen LogP contribution is -2.63. The van der Waals surface area contributed by atoms with Crippen LogP contribution in [0.25, 0.3) is 0 Å². The maximum atomic E-state index is 12.6. The largest absolute Gasteiger partial charge is 0.462 e. The van der Waals surface area contributed by atoms with Gasteiger partial charge in [0.25, 0.3) is 0 Å². The third-order valence-electron chi connectivity index (χ3n) is 7.38. The molecule has 0 aliphatic carbocycles. The molecule has 2 aliphatic rings. The van der Waals surface area contributed by atoms with E-state index in [0.717, 1.165) is 6.29 Å². The molecule has 224 valence electrons. The second kappa shape index (κ2) is 15.9. The predicted octanol–water partition coefficient (Wildman–Crippen LogP) is 0.575. The van der Waals surface area contributed by atoms with Gasteiger partial charge in [0.1, 0.15) is 24.6 Å². The second-order valence-corrected chi connectivity index (χ2v) is 11.0. The van der Waals surface area contributed by atoms with Crippen LogP contribution in [0.5, 0.6) is 0 Å². The van der Waals surface area contributed by atoms with E-state index < -0.39 is 79.5 Å². The fourth-order valence-corrected chi connectivity index (χ4v) is 5.38. The van der Waals surface area contributed by atoms with Crippen molar-refractivity contribution in [3.63, 3.8) is 0 Å². The van der Waals surface area contributed by atoms with E-state index in [0.29, 0.717) is 6.42 Å². The van der Waals surface area contributed by atoms with E-state index >= 15 is 0 Å². The van der Waals surface area contributed by atoms with Crippen LogP contribution in [0.2, 0.25) is 0 Å². The van der Waals surface area contributed by atoms with E-state index in [1.165, 1.54) is 7.11 Å². The molecule has 0 aromatic heterocycles. The number of esters is 1. The monoisotopic (exact) mass is 557 g/mol. The van der Waals surface area contributed by atoms with Gasteiger partial charge in [-0.05, 0) is 46.2 Å². The molecular weight excluding hydrogens is 510 g/mol. The number of hydrogen-bond donors (Lipinski definition) is 4. The molecule has 39 heavy (non-hydrogen) atoms. The van der Waals surface area contributed by atoms with Gasteiger partial charge in [0, 0.05) is 20.0 Å². The quantitative estimate of drug-likeness (QED) is 0.268. The summed E-state index contributed by atoms with van der Waals surface area (Å²) in [5.41, 5.74) is 0. The molecule has 2 heterocycles. The van der Waals surface area contributed by atoms with E-state index in [1.54, 1.807) is 51.1 Å². The molecule has 0 spiro atoms. The third-order valence-corrected chi connectivity index (χ3v) is 7.38. The van der Waals surface area contributed by atoms with Crippen molar-refractivity contribution in [2.24, 2.45) is 11.8 Å². The molecule has 0 bridgehead atoms. The number of allylic oxidation sites excluding steroid dienone is 3. The summed E-state index contributed by atoms with van der Waals surface area (Å²) in [5.74, 6) is -1.21. The van der Waals surface area contributed by atoms with Crippen LogP contribution in [-0.2, 0) is 28.5 Å². The van der Waals surface area contributed by atoms with Gasteiger partial charge in [0.05, 0.1) is 43.0 Å². The van der Waals surface area contributed by atoms with Crippen LogP contribution in [0.1, 0.15) is 46.5 Å². The molecule has 2 aliphatic heterocycles. The topological polar surface area (TPSA) is 155 Å². The van der Waals surface area contributed by atoms with Crippen molar-refractivity contribution < 1.29 is 49.0 Å². The summed E-state index contributed by atoms with van der Waals surface area (Å²) < 4.78 is 23.2. The van der Waals surface area contributed by atoms with Gasteiger partial charge in [0.15, 0.2) is 6.29 Å². The van der Waals surface area contributed by atoms with Gasteiger partial charge in [-0.15, -0.1) is 0 Å². The number of likely N-dealkylation sites (N-methyl/N-ethyl adjacent to an activating group) is 1. The van der Waals surface area contributed by atoms with Crippen LogP contribution in [0.3, 0.4) is 0 Å². The van der Waals surface area contributed by atoms with E-state index in [4.69, 9.17) is 18.9 Å². The Hall–Kier alpha value is -1.70. The maximum Gasteiger partial charge on any atom is 0.308 e. The van der Waals surface area contributed by atoms with E-state index in [2.05, 4.69) is 0 Å². The Morgan fingerprint density at radius 1 is 1.03 bits per heavy atom. The van der Waals surface area contributed by atoms with Crippen LogP contribution in [-0.4, -0.2) is 120 Å². The number of carbonyl (C=O) groups excluding carboxylic acids is 2. The SMILES string of the molecule is CO[C@@H]1[C@@H](O[C@@H]2O[C@H](C)[C@@H](O)[C@H](N(C)C)[C@H]2O)[C@@H](CC=O)C[C@@H](C)/C=C\C=C/[C@@H](O)C[C@@H](C)OC(=O)C[C@@H]1O. The maximum absolute atomic E-state index is 12.6. The zero-order valence-electron chi connectivity index (χ0n) is 23.8. The lowest BCUT2D eigenvalue weighted by Gasteiger charge is -2.46. The smallest absolute Gasteiger partial charge is 0.308 e. The van der Waals surface area contributed by atoms with E-state index in [-0.39, 0.29) is 18.8 Å². The summed E-state index contributed by atoms with van der Waals surface area (Å²) in [6.45, 7) is 5.28. The van der Waals surface area contributed by atoms with Crippen LogP contribution in [0.15, 0.2) is 24.3 Å². The number of aliphatic hydroxyl groups excluding tert-OH is 4. The van der Waals surface area contributed by atoms with Crippen molar-refractivity contribution in [3.05, 3.63) is 24.3 Å². The van der Waals surface area contributed by atoms with Gasteiger partial charge >= 0.3 is 5.97 Å². The number of methoxy groups -OCH3 is 1. The number of aldehydes is 1. The summed E-state index contributed by atoms with van der Waals surface area (Å²) in [5, 5.41) is 43.0. The average molecular weight is 558 g/mol. The molecule has 2 rings (SSSR count). The fraction of sp³-hybridized carbons (Fsp3) is 0.786. The first-order valence-electron chi connectivity index (χ1n) is 13.6. The van der Waals surface area contributed by atoms with Crippen LogP contribution in [0.4, 0.5) is 0 Å². The Kier molecular flexibility index (Phi) is 13.7. The highest BCUT2D eigenvalue weighted by Gasteiger charge is 2.47. The molecule has 0 saturated carbocycles. The van der Waals surface area contributed by atoms with E-state index in [1.807, 2.05) is 13.0 Å². The van der Waals surface area contributed by atoms with Crippen molar-refractivity contribution in [3.8, 4) is 0 Å². The van der Waals surface area contributed by atoms with Crippen molar-refractivity contribution in [1.82, 2.24) is 4.90 Å². The number of rotatable bonds is 6. The predicted molar refractivity (Wildman–Crippen MR) is 143 cm³/mol. The van der Waals surface area contributed by atoms with Crippen LogP contribution in [0, 0.1) is 11.8 Å². The standard InChI is InChI=1S/C28H47NO10/c1-16-9-7-8-10-20(31)14-17(2)37-22(33)15-21(32)27(36-6)26(19(13-16)11-12-30)39-28-25(35)23(29(4)5)24(34)18(3)38-28/h7-10,12,16-21,23-28,31-32,34-35H,11,13-15H2,1-6H3/b9-7-,10-8-/t16-,17+,18+,19-,20+,21-,23-,24+,25+,26-,27-,28-/m0/s1. The highest BCUT2D eigenvalue weighted by molar-refractivity contribution is 5.70. The first kappa shape index (κ1) is 33.5. The Morgan fingerprint density at radius 3 is 2.31 bits per heavy atom. The highest BCUT2D eigenvalue weighted by atomic mass is 16.7. The Bertz CT molecular complexity index is 820. The minimum atomic E-state index is -1.37. The van der Waals surface area contributed by atoms with Crippen molar-refractivity contribution >= 4 is 12.3 Å². The minimum absolute atomic E-state index is 0.0400. The summed E-state index contributed by atoms with van der Waals surface area (Å²) in [7, 11) is 4.82. The first-order valence-corrected chi connectivity index (χ1v) is 13.6. The van der Waals surface area contributed by atoms with Gasteiger partial charge in [-0.2, -0.15) is 0 Å². The Morgan fingerprint density at radius 2 is 1.69 bits per heavy atom. The molecule has 0 radical (unpaired) electrons. The Balaban J connectivity index is 2.46. The lowest BCUT2D eigenvalue weighted by atomic mass is 9.84. The van der Waals surface area contributed by atoms with Crippen LogP contribution >= 0.6 is 0 Å². The van der Waals surface area contributed by atoms with Crippen molar-refractivity contribution in [1.29, 1.82) is 0 Å². The molecule has 0 aromatic rings. The first-order chi connectivity index (χ1) is 18.4. The van der Waals surface area contributed by atoms with Crippen molar-refractivity contribution in [2.45, 2.75) is 108 Å². The molecule has 0 unspecified atom stereocenters.